The smallest absolute Gasteiger partial charge is 0.128 e. The molecule has 1 aromatic heterocycles. The summed E-state index contributed by atoms with van der Waals surface area (Å²) in [6.07, 6.45) is 2.38. The van der Waals surface area contributed by atoms with Gasteiger partial charge in [-0.1, -0.05) is 6.07 Å². The van der Waals surface area contributed by atoms with Crippen molar-refractivity contribution in [2.24, 2.45) is 11.5 Å². The van der Waals surface area contributed by atoms with Crippen LogP contribution in [-0.4, -0.2) is 11.5 Å². The minimum atomic E-state index is -0.0938. The SMILES string of the molecule is Cl.NCC[C@@H](N)c1cccnc1N. The monoisotopic (exact) mass is 202 g/mol. The van der Waals surface area contributed by atoms with Gasteiger partial charge in [0.25, 0.3) is 0 Å². The minimum absolute atomic E-state index is 0. The number of aromatic nitrogens is 1. The zero-order chi connectivity index (χ0) is 8.97. The highest BCUT2D eigenvalue weighted by molar-refractivity contribution is 5.85. The summed E-state index contributed by atoms with van der Waals surface area (Å²) in [6.45, 7) is 0.565. The second kappa shape index (κ2) is 5.75. The Morgan fingerprint density at radius 2 is 2.15 bits per heavy atom. The third-order valence-corrected chi connectivity index (χ3v) is 1.75. The minimum Gasteiger partial charge on any atom is -0.383 e. The predicted molar refractivity (Wildman–Crippen MR) is 56.5 cm³/mol. The number of pyridine rings is 1. The first-order valence-electron chi connectivity index (χ1n) is 3.91. The normalized spacial score (nSPS) is 11.8. The summed E-state index contributed by atoms with van der Waals surface area (Å²) >= 11 is 0. The Morgan fingerprint density at radius 1 is 1.46 bits per heavy atom. The molecule has 1 atom stereocenters. The van der Waals surface area contributed by atoms with E-state index in [4.69, 9.17) is 17.2 Å². The number of hydrogen-bond donors (Lipinski definition) is 3. The fraction of sp³-hybridized carbons (Fsp3) is 0.375. The summed E-state index contributed by atoms with van der Waals surface area (Å²) in [5.74, 6) is 0.499. The Kier molecular flexibility index (Phi) is 5.37. The van der Waals surface area contributed by atoms with Crippen molar-refractivity contribution in [2.75, 3.05) is 12.3 Å². The van der Waals surface area contributed by atoms with Crippen LogP contribution in [0, 0.1) is 0 Å². The van der Waals surface area contributed by atoms with E-state index in [0.717, 1.165) is 12.0 Å². The van der Waals surface area contributed by atoms with Gasteiger partial charge in [-0.25, -0.2) is 4.98 Å². The molecule has 0 spiro atoms. The topological polar surface area (TPSA) is 91.0 Å². The van der Waals surface area contributed by atoms with E-state index in [1.54, 1.807) is 6.20 Å². The van der Waals surface area contributed by atoms with Crippen LogP contribution in [0.25, 0.3) is 0 Å². The first kappa shape index (κ1) is 12.2. The molecule has 0 saturated heterocycles. The summed E-state index contributed by atoms with van der Waals surface area (Å²) in [7, 11) is 0. The number of rotatable bonds is 3. The molecule has 1 heterocycles. The van der Waals surface area contributed by atoms with Gasteiger partial charge >= 0.3 is 0 Å². The van der Waals surface area contributed by atoms with E-state index in [1.807, 2.05) is 12.1 Å². The summed E-state index contributed by atoms with van der Waals surface area (Å²) in [6, 6.07) is 3.61. The van der Waals surface area contributed by atoms with Gasteiger partial charge in [0, 0.05) is 17.8 Å². The van der Waals surface area contributed by atoms with Crippen molar-refractivity contribution >= 4 is 18.2 Å². The van der Waals surface area contributed by atoms with E-state index in [2.05, 4.69) is 4.98 Å². The lowest BCUT2D eigenvalue weighted by Gasteiger charge is -2.11. The van der Waals surface area contributed by atoms with Crippen molar-refractivity contribution in [1.29, 1.82) is 0 Å². The summed E-state index contributed by atoms with van der Waals surface area (Å²) in [5.41, 5.74) is 17.7. The van der Waals surface area contributed by atoms with E-state index in [-0.39, 0.29) is 18.4 Å². The third-order valence-electron chi connectivity index (χ3n) is 1.75. The molecule has 4 nitrogen and oxygen atoms in total. The zero-order valence-electron chi connectivity index (χ0n) is 7.31. The van der Waals surface area contributed by atoms with Gasteiger partial charge in [-0.3, -0.25) is 0 Å². The maximum atomic E-state index is 5.81. The van der Waals surface area contributed by atoms with Crippen LogP contribution in [0.5, 0.6) is 0 Å². The van der Waals surface area contributed by atoms with E-state index >= 15 is 0 Å². The maximum absolute atomic E-state index is 5.81. The molecule has 1 rings (SSSR count). The number of hydrogen-bond acceptors (Lipinski definition) is 4. The average Bonchev–Trinajstić information content (AvgIpc) is 2.05. The van der Waals surface area contributed by atoms with Crippen molar-refractivity contribution in [1.82, 2.24) is 4.98 Å². The first-order chi connectivity index (χ1) is 5.75. The molecule has 0 fully saturated rings. The highest BCUT2D eigenvalue weighted by atomic mass is 35.5. The lowest BCUT2D eigenvalue weighted by atomic mass is 10.1. The molecule has 0 bridgehead atoms. The number of nitrogen functional groups attached to an aromatic ring is 1. The summed E-state index contributed by atoms with van der Waals surface area (Å²) < 4.78 is 0. The molecule has 6 N–H and O–H groups in total. The average molecular weight is 203 g/mol. The van der Waals surface area contributed by atoms with E-state index in [0.29, 0.717) is 12.4 Å². The lowest BCUT2D eigenvalue weighted by molar-refractivity contribution is 0.661. The number of nitrogens with two attached hydrogens (primary N) is 3. The number of nitrogens with zero attached hydrogens (tertiary/aromatic N) is 1. The molecule has 74 valence electrons. The van der Waals surface area contributed by atoms with Crippen molar-refractivity contribution in [3.05, 3.63) is 23.9 Å². The van der Waals surface area contributed by atoms with Crippen LogP contribution in [0.4, 0.5) is 5.82 Å². The Labute approximate surface area is 83.9 Å². The molecule has 5 heteroatoms. The third kappa shape index (κ3) is 3.18. The maximum Gasteiger partial charge on any atom is 0.128 e. The molecule has 0 unspecified atom stereocenters. The Morgan fingerprint density at radius 3 is 2.69 bits per heavy atom. The van der Waals surface area contributed by atoms with Gasteiger partial charge in [-0.15, -0.1) is 12.4 Å². The van der Waals surface area contributed by atoms with E-state index in [1.165, 1.54) is 0 Å². The van der Waals surface area contributed by atoms with Crippen LogP contribution in [0.15, 0.2) is 18.3 Å². The fourth-order valence-electron chi connectivity index (χ4n) is 1.08. The van der Waals surface area contributed by atoms with Crippen molar-refractivity contribution in [3.63, 3.8) is 0 Å². The quantitative estimate of drug-likeness (QED) is 0.663. The van der Waals surface area contributed by atoms with Gasteiger partial charge in [-0.2, -0.15) is 0 Å². The Balaban J connectivity index is 0.00000144. The molecular weight excluding hydrogens is 188 g/mol. The van der Waals surface area contributed by atoms with E-state index < -0.39 is 0 Å². The van der Waals surface area contributed by atoms with Crippen LogP contribution in [-0.2, 0) is 0 Å². The lowest BCUT2D eigenvalue weighted by Crippen LogP contribution is -2.17. The first-order valence-corrected chi connectivity index (χ1v) is 3.91. The van der Waals surface area contributed by atoms with Crippen LogP contribution in [0.2, 0.25) is 0 Å². The van der Waals surface area contributed by atoms with Crippen molar-refractivity contribution < 1.29 is 0 Å². The second-order valence-electron chi connectivity index (χ2n) is 2.66. The molecule has 0 radical (unpaired) electrons. The summed E-state index contributed by atoms with van der Waals surface area (Å²) in [5, 5.41) is 0. The molecule has 13 heavy (non-hydrogen) atoms. The predicted octanol–water partition coefficient (Wildman–Crippen LogP) is 0.434. The van der Waals surface area contributed by atoms with Gasteiger partial charge in [0.15, 0.2) is 0 Å². The fourth-order valence-corrected chi connectivity index (χ4v) is 1.08. The van der Waals surface area contributed by atoms with Gasteiger partial charge in [0.1, 0.15) is 5.82 Å². The van der Waals surface area contributed by atoms with Gasteiger partial charge in [0.05, 0.1) is 0 Å². The molecule has 0 saturated carbocycles. The Bertz CT molecular complexity index is 254. The van der Waals surface area contributed by atoms with Crippen LogP contribution < -0.4 is 17.2 Å². The van der Waals surface area contributed by atoms with Crippen LogP contribution >= 0.6 is 12.4 Å². The highest BCUT2D eigenvalue weighted by Gasteiger charge is 2.07. The molecule has 0 aliphatic carbocycles. The summed E-state index contributed by atoms with van der Waals surface area (Å²) in [4.78, 5) is 3.94. The molecule has 0 aromatic carbocycles. The standard InChI is InChI=1S/C8H14N4.ClH/c9-4-3-7(10)6-2-1-5-12-8(6)11;/h1-2,5,7H,3-4,9-10H2,(H2,11,12);1H/t7-;/m1./s1. The van der Waals surface area contributed by atoms with Gasteiger partial charge in [0.2, 0.25) is 0 Å². The second-order valence-corrected chi connectivity index (χ2v) is 2.66. The van der Waals surface area contributed by atoms with Crippen molar-refractivity contribution in [2.45, 2.75) is 12.5 Å². The van der Waals surface area contributed by atoms with E-state index in [9.17, 15) is 0 Å². The largest absolute Gasteiger partial charge is 0.383 e. The molecular formula is C8H15ClN4. The molecule has 0 aliphatic heterocycles. The van der Waals surface area contributed by atoms with Crippen LogP contribution in [0.3, 0.4) is 0 Å². The zero-order valence-corrected chi connectivity index (χ0v) is 8.13. The highest BCUT2D eigenvalue weighted by Crippen LogP contribution is 2.17. The number of halogens is 1. The molecule has 0 amide bonds. The van der Waals surface area contributed by atoms with Crippen molar-refractivity contribution in [3.8, 4) is 0 Å². The number of anilines is 1. The molecule has 1 aromatic rings. The Hall–Kier alpha value is -0.840. The van der Waals surface area contributed by atoms with Crippen LogP contribution in [0.1, 0.15) is 18.0 Å². The van der Waals surface area contributed by atoms with Gasteiger partial charge in [-0.05, 0) is 19.0 Å². The molecule has 0 aliphatic rings. The van der Waals surface area contributed by atoms with Gasteiger partial charge < -0.3 is 17.2 Å².